The molecule has 3 aromatic carbocycles. The van der Waals surface area contributed by atoms with Crippen molar-refractivity contribution in [2.75, 3.05) is 49.1 Å². The van der Waals surface area contributed by atoms with Gasteiger partial charge in [0.2, 0.25) is 0 Å². The third kappa shape index (κ3) is 6.61. The fourth-order valence-electron chi connectivity index (χ4n) is 6.30. The zero-order chi connectivity index (χ0) is 31.6. The van der Waals surface area contributed by atoms with Crippen LogP contribution < -0.4 is 15.5 Å². The van der Waals surface area contributed by atoms with Crippen LogP contribution in [0.2, 0.25) is 10.2 Å². The van der Waals surface area contributed by atoms with Crippen molar-refractivity contribution in [1.82, 2.24) is 24.4 Å². The molecule has 0 spiro atoms. The van der Waals surface area contributed by atoms with Crippen LogP contribution in [0.15, 0.2) is 88.8 Å². The first-order chi connectivity index (χ1) is 22.4. The zero-order valence-corrected chi connectivity index (χ0v) is 27.4. The summed E-state index contributed by atoms with van der Waals surface area (Å²) < 4.78 is 1.85. The minimum absolute atomic E-state index is 0.0166. The molecular formula is C34H33Cl2N7O2S. The van der Waals surface area contributed by atoms with Gasteiger partial charge in [-0.05, 0) is 66.9 Å². The first-order valence-electron chi connectivity index (χ1n) is 15.4. The van der Waals surface area contributed by atoms with E-state index in [-0.39, 0.29) is 17.6 Å². The van der Waals surface area contributed by atoms with E-state index >= 15 is 0 Å². The van der Waals surface area contributed by atoms with Crippen LogP contribution in [-0.2, 0) is 5.75 Å². The summed E-state index contributed by atoms with van der Waals surface area (Å²) >= 11 is 14.0. The van der Waals surface area contributed by atoms with Crippen molar-refractivity contribution >= 4 is 63.4 Å². The van der Waals surface area contributed by atoms with Crippen LogP contribution in [0, 0.1) is 0 Å². The summed E-state index contributed by atoms with van der Waals surface area (Å²) in [6, 6.07) is 25.3. The second kappa shape index (κ2) is 13.4. The Labute approximate surface area is 281 Å². The number of carbonyl (C=O) groups is 1. The van der Waals surface area contributed by atoms with Crippen LogP contribution in [0.4, 0.5) is 11.5 Å². The monoisotopic (exact) mass is 673 g/mol. The van der Waals surface area contributed by atoms with Crippen molar-refractivity contribution in [1.29, 1.82) is 0 Å². The summed E-state index contributed by atoms with van der Waals surface area (Å²) in [4.78, 5) is 44.6. The number of aromatic amines is 1. The number of benzene rings is 3. The number of fused-ring (bicyclic) bond motifs is 1. The molecule has 4 heterocycles. The SMILES string of the molecule is O=C(c1ccc(CSc2nc(Cl)cc(N3CCN(c4ccc(Cl)cc4)CC3)n2)cc1)N1CCC(n2c(=O)[nH]c3ccccc32)CC1. The molecule has 0 radical (unpaired) electrons. The van der Waals surface area contributed by atoms with Crippen LogP contribution in [-0.4, -0.2) is 69.6 Å². The standard InChI is InChI=1S/C34H33Cl2N7O2S/c35-25-9-11-26(12-10-25)40-17-19-41(20-18-40)31-21-30(36)38-33(39-31)46-22-23-5-7-24(8-6-23)32(44)42-15-13-27(14-16-42)43-29-4-2-1-3-28(29)37-34(43)45/h1-12,21,27H,13-20,22H2,(H,37,45). The number of imidazole rings is 1. The lowest BCUT2D eigenvalue weighted by Crippen LogP contribution is -2.46. The molecule has 7 rings (SSSR count). The molecule has 0 unspecified atom stereocenters. The lowest BCUT2D eigenvalue weighted by atomic mass is 10.0. The highest BCUT2D eigenvalue weighted by atomic mass is 35.5. The third-order valence-electron chi connectivity index (χ3n) is 8.77. The van der Waals surface area contributed by atoms with Crippen LogP contribution in [0.5, 0.6) is 0 Å². The summed E-state index contributed by atoms with van der Waals surface area (Å²) in [5, 5.41) is 1.79. The highest BCUT2D eigenvalue weighted by molar-refractivity contribution is 7.98. The number of carbonyl (C=O) groups excluding carboxylic acids is 1. The molecule has 0 atom stereocenters. The Morgan fingerprint density at radius 3 is 2.28 bits per heavy atom. The highest BCUT2D eigenvalue weighted by Crippen LogP contribution is 2.28. The van der Waals surface area contributed by atoms with Crippen LogP contribution >= 0.6 is 35.0 Å². The number of hydrogen-bond acceptors (Lipinski definition) is 7. The van der Waals surface area contributed by atoms with E-state index in [1.165, 1.54) is 11.8 Å². The number of rotatable bonds is 7. The Kier molecular flexibility index (Phi) is 8.93. The maximum absolute atomic E-state index is 13.3. The predicted octanol–water partition coefficient (Wildman–Crippen LogP) is 6.52. The van der Waals surface area contributed by atoms with Gasteiger partial charge in [0, 0.05) is 73.4 Å². The van der Waals surface area contributed by atoms with E-state index in [2.05, 4.69) is 31.9 Å². The second-order valence-electron chi connectivity index (χ2n) is 11.6. The molecule has 46 heavy (non-hydrogen) atoms. The molecule has 1 amide bonds. The van der Waals surface area contributed by atoms with Gasteiger partial charge in [0.05, 0.1) is 11.0 Å². The van der Waals surface area contributed by atoms with Crippen LogP contribution in [0.3, 0.4) is 0 Å². The quantitative estimate of drug-likeness (QED) is 0.119. The summed E-state index contributed by atoms with van der Waals surface area (Å²) in [6.07, 6.45) is 1.48. The number of aromatic nitrogens is 4. The number of nitrogens with one attached hydrogen (secondary N) is 1. The molecule has 2 saturated heterocycles. The van der Waals surface area contributed by atoms with E-state index < -0.39 is 0 Å². The van der Waals surface area contributed by atoms with Crippen molar-refractivity contribution in [3.05, 3.63) is 111 Å². The van der Waals surface area contributed by atoms with Gasteiger partial charge in [0.15, 0.2) is 5.16 Å². The summed E-state index contributed by atoms with van der Waals surface area (Å²) in [7, 11) is 0. The van der Waals surface area contributed by atoms with Gasteiger partial charge in [-0.3, -0.25) is 9.36 Å². The van der Waals surface area contributed by atoms with Gasteiger partial charge in [0.1, 0.15) is 11.0 Å². The maximum atomic E-state index is 13.3. The van der Waals surface area contributed by atoms with E-state index in [0.29, 0.717) is 34.7 Å². The van der Waals surface area contributed by atoms with Gasteiger partial charge in [-0.2, -0.15) is 0 Å². The average molecular weight is 675 g/mol. The molecule has 0 bridgehead atoms. The number of likely N-dealkylation sites (tertiary alicyclic amines) is 1. The zero-order valence-electron chi connectivity index (χ0n) is 25.1. The number of anilines is 2. The number of para-hydroxylation sites is 2. The Hall–Kier alpha value is -3.99. The molecule has 2 fully saturated rings. The Morgan fingerprint density at radius 1 is 0.848 bits per heavy atom. The first kappa shape index (κ1) is 30.7. The van der Waals surface area contributed by atoms with E-state index in [0.717, 1.165) is 72.1 Å². The molecule has 0 aliphatic carbocycles. The Bertz CT molecular complexity index is 1900. The number of piperidine rings is 1. The minimum atomic E-state index is -0.0908. The molecule has 2 aliphatic rings. The van der Waals surface area contributed by atoms with Gasteiger partial charge in [-0.25, -0.2) is 14.8 Å². The Morgan fingerprint density at radius 2 is 1.54 bits per heavy atom. The molecule has 2 aliphatic heterocycles. The van der Waals surface area contributed by atoms with Crippen molar-refractivity contribution in [3.63, 3.8) is 0 Å². The van der Waals surface area contributed by atoms with Gasteiger partial charge in [-0.1, -0.05) is 59.2 Å². The van der Waals surface area contributed by atoms with Crippen LogP contribution in [0.25, 0.3) is 11.0 Å². The lowest BCUT2D eigenvalue weighted by molar-refractivity contribution is 0.0695. The molecule has 9 nitrogen and oxygen atoms in total. The minimum Gasteiger partial charge on any atom is -0.368 e. The maximum Gasteiger partial charge on any atom is 0.326 e. The molecule has 0 saturated carbocycles. The average Bonchev–Trinajstić information content (AvgIpc) is 3.43. The fraction of sp³-hybridized carbons (Fsp3) is 0.294. The molecule has 5 aromatic rings. The fourth-order valence-corrected chi connectivity index (χ4v) is 7.46. The summed E-state index contributed by atoms with van der Waals surface area (Å²) in [5.74, 6) is 1.50. The van der Waals surface area contributed by atoms with Crippen LogP contribution in [0.1, 0.15) is 34.8 Å². The van der Waals surface area contributed by atoms with Crippen molar-refractivity contribution in [2.45, 2.75) is 29.8 Å². The highest BCUT2D eigenvalue weighted by Gasteiger charge is 2.27. The van der Waals surface area contributed by atoms with Crippen molar-refractivity contribution in [3.8, 4) is 0 Å². The Balaban J connectivity index is 0.926. The van der Waals surface area contributed by atoms with E-state index in [9.17, 15) is 9.59 Å². The number of halogens is 2. The smallest absolute Gasteiger partial charge is 0.326 e. The van der Waals surface area contributed by atoms with Crippen molar-refractivity contribution < 1.29 is 4.79 Å². The second-order valence-corrected chi connectivity index (χ2v) is 13.4. The summed E-state index contributed by atoms with van der Waals surface area (Å²) in [5.41, 5.74) is 4.56. The number of hydrogen-bond donors (Lipinski definition) is 1. The van der Waals surface area contributed by atoms with Gasteiger partial charge < -0.3 is 19.7 Å². The number of H-pyrrole nitrogens is 1. The third-order valence-corrected chi connectivity index (χ3v) is 10.1. The lowest BCUT2D eigenvalue weighted by Gasteiger charge is -2.36. The van der Waals surface area contributed by atoms with Gasteiger partial charge >= 0.3 is 5.69 Å². The molecule has 2 aromatic heterocycles. The van der Waals surface area contributed by atoms with Gasteiger partial charge in [-0.15, -0.1) is 0 Å². The molecule has 1 N–H and O–H groups in total. The largest absolute Gasteiger partial charge is 0.368 e. The van der Waals surface area contributed by atoms with Crippen molar-refractivity contribution in [2.24, 2.45) is 0 Å². The van der Waals surface area contributed by atoms with E-state index in [1.54, 1.807) is 0 Å². The van der Waals surface area contributed by atoms with E-state index in [4.69, 9.17) is 28.2 Å². The number of nitrogens with zero attached hydrogens (tertiary/aromatic N) is 6. The predicted molar refractivity (Wildman–Crippen MR) is 186 cm³/mol. The summed E-state index contributed by atoms with van der Waals surface area (Å²) in [6.45, 7) is 4.62. The first-order valence-corrected chi connectivity index (χ1v) is 17.2. The molecule has 12 heteroatoms. The topological polar surface area (TPSA) is 90.4 Å². The normalized spacial score (nSPS) is 15.9. The number of piperazine rings is 1. The number of amides is 1. The molecular weight excluding hydrogens is 641 g/mol. The van der Waals surface area contributed by atoms with Gasteiger partial charge in [0.25, 0.3) is 5.91 Å². The molecule has 236 valence electrons. The van der Waals surface area contributed by atoms with E-state index in [1.807, 2.05) is 76.2 Å². The number of thioether (sulfide) groups is 1.